The zero-order chi connectivity index (χ0) is 14.8. The summed E-state index contributed by atoms with van der Waals surface area (Å²) in [5, 5.41) is 0. The summed E-state index contributed by atoms with van der Waals surface area (Å²) in [4.78, 5) is 30.6. The molecule has 3 fully saturated rings. The van der Waals surface area contributed by atoms with E-state index in [0.717, 1.165) is 58.5 Å². The van der Waals surface area contributed by atoms with E-state index >= 15 is 0 Å². The Morgan fingerprint density at radius 2 is 1.52 bits per heavy atom. The fraction of sp³-hybridized carbons (Fsp3) is 0.875. The molecule has 2 amide bonds. The first-order valence-corrected chi connectivity index (χ1v) is 8.44. The quantitative estimate of drug-likeness (QED) is 0.773. The number of piperidine rings is 1. The lowest BCUT2D eigenvalue weighted by Crippen LogP contribution is -2.52. The Hall–Kier alpha value is -1.10. The minimum absolute atomic E-state index is 0.269. The molecule has 2 heterocycles. The minimum Gasteiger partial charge on any atom is -0.342 e. The molecule has 0 aromatic carbocycles. The van der Waals surface area contributed by atoms with Gasteiger partial charge in [0.25, 0.3) is 0 Å². The molecule has 0 bridgehead atoms. The molecule has 1 aliphatic carbocycles. The molecule has 2 saturated heterocycles. The van der Waals surface area contributed by atoms with Gasteiger partial charge in [-0.3, -0.25) is 14.5 Å². The van der Waals surface area contributed by atoms with Crippen molar-refractivity contribution >= 4 is 11.8 Å². The minimum atomic E-state index is 0.269. The molecule has 118 valence electrons. The monoisotopic (exact) mass is 293 g/mol. The number of hydrogen-bond acceptors (Lipinski definition) is 3. The van der Waals surface area contributed by atoms with Gasteiger partial charge in [-0.05, 0) is 31.6 Å². The Morgan fingerprint density at radius 3 is 2.10 bits per heavy atom. The first kappa shape index (κ1) is 14.8. The van der Waals surface area contributed by atoms with Crippen LogP contribution in [-0.4, -0.2) is 72.3 Å². The smallest absolute Gasteiger partial charge is 0.236 e. The lowest BCUT2D eigenvalue weighted by molar-refractivity contribution is -0.136. The van der Waals surface area contributed by atoms with Gasteiger partial charge in [0.2, 0.25) is 11.8 Å². The standard InChI is InChI=1S/C16H27N3O2/c1-13-11-14(13)16(21)19-9-7-17(8-10-19)12-15(20)18-5-3-2-4-6-18/h13-14H,2-12H2,1H3. The fourth-order valence-electron chi connectivity index (χ4n) is 3.46. The Kier molecular flexibility index (Phi) is 4.48. The molecule has 5 heteroatoms. The molecule has 0 N–H and O–H groups in total. The van der Waals surface area contributed by atoms with Crippen LogP contribution in [0, 0.1) is 11.8 Å². The molecule has 3 rings (SSSR count). The van der Waals surface area contributed by atoms with E-state index in [1.165, 1.54) is 6.42 Å². The summed E-state index contributed by atoms with van der Waals surface area (Å²) >= 11 is 0. The van der Waals surface area contributed by atoms with Crippen LogP contribution >= 0.6 is 0 Å². The summed E-state index contributed by atoms with van der Waals surface area (Å²) < 4.78 is 0. The summed E-state index contributed by atoms with van der Waals surface area (Å²) in [5.41, 5.74) is 0. The number of carbonyl (C=O) groups is 2. The van der Waals surface area contributed by atoms with E-state index in [1.807, 2.05) is 9.80 Å². The van der Waals surface area contributed by atoms with Crippen LogP contribution in [-0.2, 0) is 9.59 Å². The molecule has 2 unspecified atom stereocenters. The fourth-order valence-corrected chi connectivity index (χ4v) is 3.46. The van der Waals surface area contributed by atoms with Crippen molar-refractivity contribution in [2.24, 2.45) is 11.8 Å². The molecule has 21 heavy (non-hydrogen) atoms. The molecule has 0 aromatic rings. The molecule has 3 aliphatic rings. The van der Waals surface area contributed by atoms with Gasteiger partial charge in [-0.2, -0.15) is 0 Å². The topological polar surface area (TPSA) is 43.9 Å². The van der Waals surface area contributed by atoms with Crippen molar-refractivity contribution in [1.29, 1.82) is 0 Å². The number of hydrogen-bond donors (Lipinski definition) is 0. The van der Waals surface area contributed by atoms with Crippen LogP contribution in [0.15, 0.2) is 0 Å². The zero-order valence-electron chi connectivity index (χ0n) is 13.1. The molecule has 5 nitrogen and oxygen atoms in total. The Morgan fingerprint density at radius 1 is 0.905 bits per heavy atom. The average Bonchev–Trinajstić information content (AvgIpc) is 3.25. The lowest BCUT2D eigenvalue weighted by Gasteiger charge is -2.36. The van der Waals surface area contributed by atoms with Crippen LogP contribution in [0.25, 0.3) is 0 Å². The van der Waals surface area contributed by atoms with Crippen LogP contribution in [0.4, 0.5) is 0 Å². The van der Waals surface area contributed by atoms with E-state index in [1.54, 1.807) is 0 Å². The van der Waals surface area contributed by atoms with Crippen LogP contribution in [0.5, 0.6) is 0 Å². The Bertz CT molecular complexity index is 398. The molecule has 0 aromatic heterocycles. The maximum atomic E-state index is 12.2. The number of piperazine rings is 1. The van der Waals surface area contributed by atoms with Gasteiger partial charge in [-0.25, -0.2) is 0 Å². The Balaban J connectivity index is 1.41. The molecule has 2 aliphatic heterocycles. The zero-order valence-corrected chi connectivity index (χ0v) is 13.1. The third kappa shape index (κ3) is 3.57. The molecule has 1 saturated carbocycles. The summed E-state index contributed by atoms with van der Waals surface area (Å²) in [6.07, 6.45) is 4.61. The highest BCUT2D eigenvalue weighted by atomic mass is 16.2. The molecular weight excluding hydrogens is 266 g/mol. The van der Waals surface area contributed by atoms with E-state index in [9.17, 15) is 9.59 Å². The Labute approximate surface area is 127 Å². The number of nitrogens with zero attached hydrogens (tertiary/aromatic N) is 3. The van der Waals surface area contributed by atoms with Crippen LogP contribution in [0.2, 0.25) is 0 Å². The van der Waals surface area contributed by atoms with Crippen molar-refractivity contribution in [3.05, 3.63) is 0 Å². The molecule has 0 spiro atoms. The molecule has 2 atom stereocenters. The van der Waals surface area contributed by atoms with Crippen molar-refractivity contribution in [2.75, 3.05) is 45.8 Å². The first-order valence-electron chi connectivity index (χ1n) is 8.44. The summed E-state index contributed by atoms with van der Waals surface area (Å²) in [6, 6.07) is 0. The summed E-state index contributed by atoms with van der Waals surface area (Å²) in [6.45, 7) is 7.79. The van der Waals surface area contributed by atoms with E-state index in [4.69, 9.17) is 0 Å². The maximum Gasteiger partial charge on any atom is 0.236 e. The normalized spacial score (nSPS) is 30.3. The predicted molar refractivity (Wildman–Crippen MR) is 80.7 cm³/mol. The van der Waals surface area contributed by atoms with Crippen LogP contribution in [0.3, 0.4) is 0 Å². The van der Waals surface area contributed by atoms with Crippen LogP contribution in [0.1, 0.15) is 32.6 Å². The second-order valence-corrected chi connectivity index (χ2v) is 6.86. The van der Waals surface area contributed by atoms with Gasteiger partial charge in [0.1, 0.15) is 0 Å². The number of likely N-dealkylation sites (tertiary alicyclic amines) is 1. The van der Waals surface area contributed by atoms with Crippen molar-refractivity contribution in [3.63, 3.8) is 0 Å². The number of carbonyl (C=O) groups excluding carboxylic acids is 2. The highest BCUT2D eigenvalue weighted by Gasteiger charge is 2.42. The van der Waals surface area contributed by atoms with Crippen molar-refractivity contribution in [2.45, 2.75) is 32.6 Å². The predicted octanol–water partition coefficient (Wildman–Crippen LogP) is 0.799. The van der Waals surface area contributed by atoms with E-state index in [2.05, 4.69) is 11.8 Å². The first-order chi connectivity index (χ1) is 10.1. The van der Waals surface area contributed by atoms with Gasteiger partial charge in [-0.1, -0.05) is 6.92 Å². The van der Waals surface area contributed by atoms with Crippen molar-refractivity contribution in [3.8, 4) is 0 Å². The summed E-state index contributed by atoms with van der Waals surface area (Å²) in [7, 11) is 0. The number of amides is 2. The van der Waals surface area contributed by atoms with Crippen molar-refractivity contribution < 1.29 is 9.59 Å². The van der Waals surface area contributed by atoms with E-state index in [0.29, 0.717) is 18.4 Å². The SMILES string of the molecule is CC1CC1C(=O)N1CCN(CC(=O)N2CCCCC2)CC1. The average molecular weight is 293 g/mol. The van der Waals surface area contributed by atoms with Gasteiger partial charge < -0.3 is 9.80 Å². The van der Waals surface area contributed by atoms with Gasteiger partial charge in [0, 0.05) is 45.2 Å². The highest BCUT2D eigenvalue weighted by molar-refractivity contribution is 5.82. The van der Waals surface area contributed by atoms with Crippen LogP contribution < -0.4 is 0 Å². The molecule has 0 radical (unpaired) electrons. The lowest BCUT2D eigenvalue weighted by atomic mass is 10.1. The van der Waals surface area contributed by atoms with Gasteiger partial charge in [0.05, 0.1) is 6.54 Å². The second-order valence-electron chi connectivity index (χ2n) is 6.86. The molecular formula is C16H27N3O2. The largest absolute Gasteiger partial charge is 0.342 e. The maximum absolute atomic E-state index is 12.2. The highest BCUT2D eigenvalue weighted by Crippen LogP contribution is 2.39. The van der Waals surface area contributed by atoms with Crippen molar-refractivity contribution in [1.82, 2.24) is 14.7 Å². The van der Waals surface area contributed by atoms with Gasteiger partial charge >= 0.3 is 0 Å². The third-order valence-electron chi connectivity index (χ3n) is 5.18. The van der Waals surface area contributed by atoms with Gasteiger partial charge in [0.15, 0.2) is 0 Å². The second kappa shape index (κ2) is 6.34. The van der Waals surface area contributed by atoms with E-state index < -0.39 is 0 Å². The van der Waals surface area contributed by atoms with Gasteiger partial charge in [-0.15, -0.1) is 0 Å². The summed E-state index contributed by atoms with van der Waals surface area (Å²) in [5.74, 6) is 1.47. The van der Waals surface area contributed by atoms with E-state index in [-0.39, 0.29) is 11.8 Å². The number of rotatable bonds is 3. The third-order valence-corrected chi connectivity index (χ3v) is 5.18.